The second kappa shape index (κ2) is 6.93. The summed E-state index contributed by atoms with van der Waals surface area (Å²) in [7, 11) is 0. The molecule has 116 valence electrons. The molecule has 0 amide bonds. The Kier molecular flexibility index (Phi) is 4.97. The monoisotopic (exact) mass is 286 g/mol. The maximum absolute atomic E-state index is 3.84. The van der Waals surface area contributed by atoms with Gasteiger partial charge in [0.1, 0.15) is 0 Å². The third-order valence-electron chi connectivity index (χ3n) is 5.62. The van der Waals surface area contributed by atoms with Gasteiger partial charge in [-0.3, -0.25) is 0 Å². The van der Waals surface area contributed by atoms with Crippen LogP contribution in [0.4, 0.5) is 0 Å². The Bertz CT molecular complexity index is 416. The molecule has 1 aliphatic heterocycles. The number of nitrogens with one attached hydrogen (secondary N) is 1. The maximum Gasteiger partial charge on any atom is 0.00916 e. The zero-order valence-electron chi connectivity index (χ0n) is 13.5. The van der Waals surface area contributed by atoms with Crippen LogP contribution in [0.2, 0.25) is 0 Å². The Labute approximate surface area is 129 Å². The molecule has 1 aromatic rings. The normalized spacial score (nSPS) is 22.3. The van der Waals surface area contributed by atoms with Crippen LogP contribution in [0.15, 0.2) is 30.3 Å². The van der Waals surface area contributed by atoms with E-state index in [-0.39, 0.29) is 0 Å². The number of benzene rings is 1. The van der Waals surface area contributed by atoms with E-state index in [4.69, 9.17) is 0 Å². The Hall–Kier alpha value is -0.860. The zero-order valence-corrected chi connectivity index (χ0v) is 13.5. The summed E-state index contributed by atoms with van der Waals surface area (Å²) in [4.78, 5) is 2.64. The molecule has 2 aliphatic rings. The highest BCUT2D eigenvalue weighted by Gasteiger charge is 2.40. The number of likely N-dealkylation sites (tertiary alicyclic amines) is 1. The van der Waals surface area contributed by atoms with Crippen LogP contribution in [0.3, 0.4) is 0 Å². The van der Waals surface area contributed by atoms with E-state index < -0.39 is 0 Å². The predicted molar refractivity (Wildman–Crippen MR) is 89.6 cm³/mol. The van der Waals surface area contributed by atoms with E-state index in [9.17, 15) is 0 Å². The minimum absolute atomic E-state index is 0.685. The first-order valence-electron chi connectivity index (χ1n) is 8.79. The van der Waals surface area contributed by atoms with Crippen LogP contribution in [0, 0.1) is 5.41 Å². The SMILES string of the molecule is CCC1(CNC2CCN(CCc3ccccc3)CC2)CC1. The lowest BCUT2D eigenvalue weighted by Crippen LogP contribution is -2.44. The molecule has 1 saturated carbocycles. The van der Waals surface area contributed by atoms with E-state index in [1.165, 1.54) is 70.3 Å². The fourth-order valence-corrected chi connectivity index (χ4v) is 3.49. The van der Waals surface area contributed by atoms with E-state index in [1.54, 1.807) is 0 Å². The minimum Gasteiger partial charge on any atom is -0.313 e. The number of piperidine rings is 1. The van der Waals surface area contributed by atoms with Crippen LogP contribution in [0.5, 0.6) is 0 Å². The van der Waals surface area contributed by atoms with E-state index in [1.807, 2.05) is 0 Å². The van der Waals surface area contributed by atoms with Crippen LogP contribution in [0.1, 0.15) is 44.6 Å². The van der Waals surface area contributed by atoms with Gasteiger partial charge in [0, 0.05) is 19.1 Å². The molecule has 0 atom stereocenters. The van der Waals surface area contributed by atoms with Gasteiger partial charge in [0.2, 0.25) is 0 Å². The van der Waals surface area contributed by atoms with Gasteiger partial charge in [-0.2, -0.15) is 0 Å². The third kappa shape index (κ3) is 4.31. The van der Waals surface area contributed by atoms with Gasteiger partial charge in [-0.25, -0.2) is 0 Å². The molecule has 1 N–H and O–H groups in total. The molecule has 2 nitrogen and oxygen atoms in total. The molecular weight excluding hydrogens is 256 g/mol. The first kappa shape index (κ1) is 15.1. The number of nitrogens with zero attached hydrogens (tertiary/aromatic N) is 1. The van der Waals surface area contributed by atoms with Gasteiger partial charge in [-0.05, 0) is 62.6 Å². The van der Waals surface area contributed by atoms with Crippen molar-refractivity contribution in [1.82, 2.24) is 10.2 Å². The summed E-state index contributed by atoms with van der Waals surface area (Å²) in [5.41, 5.74) is 2.15. The third-order valence-corrected chi connectivity index (χ3v) is 5.62. The van der Waals surface area contributed by atoms with Crippen molar-refractivity contribution in [2.75, 3.05) is 26.2 Å². The molecule has 2 fully saturated rings. The predicted octanol–water partition coefficient (Wildman–Crippen LogP) is 3.47. The molecule has 0 bridgehead atoms. The van der Waals surface area contributed by atoms with Gasteiger partial charge in [0.05, 0.1) is 0 Å². The summed E-state index contributed by atoms with van der Waals surface area (Å²) in [6.07, 6.45) is 8.11. The topological polar surface area (TPSA) is 15.3 Å². The standard InChI is InChI=1S/C19H30N2/c1-2-19(11-12-19)16-20-18-9-14-21(15-10-18)13-8-17-6-4-3-5-7-17/h3-7,18,20H,2,8-16H2,1H3. The van der Waals surface area contributed by atoms with Crippen LogP contribution < -0.4 is 5.32 Å². The maximum atomic E-state index is 3.84. The van der Waals surface area contributed by atoms with E-state index >= 15 is 0 Å². The lowest BCUT2D eigenvalue weighted by atomic mass is 10.0. The van der Waals surface area contributed by atoms with Gasteiger partial charge in [-0.1, -0.05) is 37.3 Å². The average molecular weight is 286 g/mol. The molecule has 21 heavy (non-hydrogen) atoms. The van der Waals surface area contributed by atoms with Gasteiger partial charge < -0.3 is 10.2 Å². The molecule has 0 radical (unpaired) electrons. The van der Waals surface area contributed by atoms with Crippen molar-refractivity contribution in [3.8, 4) is 0 Å². The highest BCUT2D eigenvalue weighted by molar-refractivity contribution is 5.14. The van der Waals surface area contributed by atoms with Crippen molar-refractivity contribution in [1.29, 1.82) is 0 Å². The molecule has 0 aromatic heterocycles. The minimum atomic E-state index is 0.685. The van der Waals surface area contributed by atoms with Crippen molar-refractivity contribution >= 4 is 0 Å². The van der Waals surface area contributed by atoms with Gasteiger partial charge in [0.25, 0.3) is 0 Å². The summed E-state index contributed by atoms with van der Waals surface area (Å²) in [5.74, 6) is 0. The highest BCUT2D eigenvalue weighted by Crippen LogP contribution is 2.48. The summed E-state index contributed by atoms with van der Waals surface area (Å²) in [5, 5.41) is 3.84. The van der Waals surface area contributed by atoms with Crippen molar-refractivity contribution in [3.05, 3.63) is 35.9 Å². The summed E-state index contributed by atoms with van der Waals surface area (Å²) in [6, 6.07) is 11.6. The fourth-order valence-electron chi connectivity index (χ4n) is 3.49. The molecule has 3 rings (SSSR count). The molecule has 2 heteroatoms. The quantitative estimate of drug-likeness (QED) is 0.825. The molecule has 0 unspecified atom stereocenters. The summed E-state index contributed by atoms with van der Waals surface area (Å²) >= 11 is 0. The van der Waals surface area contributed by atoms with E-state index in [2.05, 4.69) is 47.5 Å². The van der Waals surface area contributed by atoms with Crippen molar-refractivity contribution < 1.29 is 0 Å². The van der Waals surface area contributed by atoms with Crippen LogP contribution >= 0.6 is 0 Å². The molecule has 1 heterocycles. The fraction of sp³-hybridized carbons (Fsp3) is 0.684. The number of hydrogen-bond acceptors (Lipinski definition) is 2. The second-order valence-corrected chi connectivity index (χ2v) is 7.09. The molecule has 0 spiro atoms. The Balaban J connectivity index is 1.33. The largest absolute Gasteiger partial charge is 0.313 e. The zero-order chi connectivity index (χ0) is 14.5. The van der Waals surface area contributed by atoms with E-state index in [0.29, 0.717) is 5.41 Å². The van der Waals surface area contributed by atoms with Crippen molar-refractivity contribution in [3.63, 3.8) is 0 Å². The summed E-state index contributed by atoms with van der Waals surface area (Å²) < 4.78 is 0. The van der Waals surface area contributed by atoms with Gasteiger partial charge in [0.15, 0.2) is 0 Å². The average Bonchev–Trinajstić information content (AvgIpc) is 3.34. The molecule has 1 saturated heterocycles. The van der Waals surface area contributed by atoms with Crippen molar-refractivity contribution in [2.24, 2.45) is 5.41 Å². The molecular formula is C19H30N2. The van der Waals surface area contributed by atoms with Gasteiger partial charge >= 0.3 is 0 Å². The smallest absolute Gasteiger partial charge is 0.00916 e. The first-order valence-corrected chi connectivity index (χ1v) is 8.79. The highest BCUT2D eigenvalue weighted by atomic mass is 15.1. The van der Waals surface area contributed by atoms with Crippen LogP contribution in [0.25, 0.3) is 0 Å². The Morgan fingerprint density at radius 2 is 1.86 bits per heavy atom. The van der Waals surface area contributed by atoms with E-state index in [0.717, 1.165) is 6.04 Å². The van der Waals surface area contributed by atoms with Crippen LogP contribution in [-0.4, -0.2) is 37.1 Å². The number of hydrogen-bond donors (Lipinski definition) is 1. The lowest BCUT2D eigenvalue weighted by Gasteiger charge is -2.33. The molecule has 1 aromatic carbocycles. The van der Waals surface area contributed by atoms with Crippen LogP contribution in [-0.2, 0) is 6.42 Å². The number of rotatable bonds is 7. The first-order chi connectivity index (χ1) is 10.3. The van der Waals surface area contributed by atoms with Crippen molar-refractivity contribution in [2.45, 2.75) is 51.5 Å². The summed E-state index contributed by atoms with van der Waals surface area (Å²) in [6.45, 7) is 7.36. The Morgan fingerprint density at radius 3 is 2.48 bits per heavy atom. The Morgan fingerprint density at radius 1 is 1.14 bits per heavy atom. The molecule has 1 aliphatic carbocycles. The second-order valence-electron chi connectivity index (χ2n) is 7.09. The lowest BCUT2D eigenvalue weighted by molar-refractivity contribution is 0.195. The van der Waals surface area contributed by atoms with Gasteiger partial charge in [-0.15, -0.1) is 0 Å².